The number of Topliss-reactive ketones (excluding diaryl/α,β-unsaturated/α-hetero) is 1. The molecule has 0 radical (unpaired) electrons. The molecule has 1 aromatic rings. The van der Waals surface area contributed by atoms with Crippen molar-refractivity contribution in [3.05, 3.63) is 29.6 Å². The van der Waals surface area contributed by atoms with Crippen molar-refractivity contribution < 1.29 is 18.0 Å². The molecule has 6 heteroatoms. The molecule has 0 saturated carbocycles. The first-order valence-electron chi connectivity index (χ1n) is 3.88. The van der Waals surface area contributed by atoms with E-state index in [0.717, 1.165) is 12.3 Å². The summed E-state index contributed by atoms with van der Waals surface area (Å²) in [5, 5.41) is 8.21. The molecule has 0 aromatic carbocycles. The van der Waals surface area contributed by atoms with Gasteiger partial charge in [-0.1, -0.05) is 0 Å². The molecule has 0 bridgehead atoms. The number of aromatic nitrogens is 1. The number of alkyl halides is 3. The molecule has 0 atom stereocenters. The van der Waals surface area contributed by atoms with E-state index in [0.29, 0.717) is 6.07 Å². The number of pyridine rings is 1. The molecule has 0 N–H and O–H groups in total. The van der Waals surface area contributed by atoms with Crippen LogP contribution in [0.3, 0.4) is 0 Å². The van der Waals surface area contributed by atoms with E-state index >= 15 is 0 Å². The van der Waals surface area contributed by atoms with Gasteiger partial charge in [0.1, 0.15) is 5.69 Å². The maximum atomic E-state index is 12.1. The van der Waals surface area contributed by atoms with E-state index in [1.165, 1.54) is 0 Å². The Balaban J connectivity index is 2.92. The summed E-state index contributed by atoms with van der Waals surface area (Å²) in [6.45, 7) is 0. The zero-order valence-electron chi connectivity index (χ0n) is 7.38. The van der Waals surface area contributed by atoms with Crippen molar-refractivity contribution in [1.82, 2.24) is 4.98 Å². The molecule has 0 amide bonds. The van der Waals surface area contributed by atoms with Crippen LogP contribution in [0.4, 0.5) is 13.2 Å². The van der Waals surface area contributed by atoms with E-state index < -0.39 is 17.7 Å². The fourth-order valence-electron chi connectivity index (χ4n) is 0.900. The van der Waals surface area contributed by atoms with Crippen molar-refractivity contribution in [2.75, 3.05) is 0 Å². The fourth-order valence-corrected chi connectivity index (χ4v) is 0.900. The van der Waals surface area contributed by atoms with Crippen molar-refractivity contribution in [3.8, 4) is 6.07 Å². The Morgan fingerprint density at radius 2 is 2.13 bits per heavy atom. The summed E-state index contributed by atoms with van der Waals surface area (Å²) in [6.07, 6.45) is -4.06. The molecule has 0 unspecified atom stereocenters. The molecule has 1 rings (SSSR count). The fraction of sp³-hybridized carbons (Fsp3) is 0.222. The average molecular weight is 214 g/mol. The standard InChI is InChI=1S/C9H5F3N2O/c10-9(11,12)8-2-1-6(5-14-8)7(15)3-4-13/h1-2,5H,3H2. The molecule has 0 aliphatic rings. The molecular formula is C9H5F3N2O. The van der Waals surface area contributed by atoms with Gasteiger partial charge in [0.15, 0.2) is 5.78 Å². The Bertz CT molecular complexity index is 403. The van der Waals surface area contributed by atoms with Gasteiger partial charge in [-0.3, -0.25) is 9.78 Å². The summed E-state index contributed by atoms with van der Waals surface area (Å²) < 4.78 is 36.2. The highest BCUT2D eigenvalue weighted by molar-refractivity contribution is 5.97. The van der Waals surface area contributed by atoms with E-state index in [-0.39, 0.29) is 12.0 Å². The van der Waals surface area contributed by atoms with Gasteiger partial charge < -0.3 is 0 Å². The normalized spacial score (nSPS) is 10.8. The van der Waals surface area contributed by atoms with Crippen LogP contribution in [0, 0.1) is 11.3 Å². The molecule has 0 aliphatic carbocycles. The zero-order valence-corrected chi connectivity index (χ0v) is 7.38. The van der Waals surface area contributed by atoms with E-state index in [4.69, 9.17) is 5.26 Å². The molecule has 0 spiro atoms. The molecule has 78 valence electrons. The Labute approximate surface area is 83.2 Å². The topological polar surface area (TPSA) is 53.8 Å². The summed E-state index contributed by atoms with van der Waals surface area (Å²) >= 11 is 0. The zero-order chi connectivity index (χ0) is 11.5. The third-order valence-corrected chi connectivity index (χ3v) is 1.62. The molecule has 0 saturated heterocycles. The highest BCUT2D eigenvalue weighted by Crippen LogP contribution is 2.27. The predicted molar refractivity (Wildman–Crippen MR) is 43.8 cm³/mol. The van der Waals surface area contributed by atoms with Gasteiger partial charge in [0, 0.05) is 11.8 Å². The van der Waals surface area contributed by atoms with Crippen molar-refractivity contribution in [3.63, 3.8) is 0 Å². The Morgan fingerprint density at radius 3 is 2.53 bits per heavy atom. The molecule has 1 aromatic heterocycles. The van der Waals surface area contributed by atoms with Crippen molar-refractivity contribution >= 4 is 5.78 Å². The van der Waals surface area contributed by atoms with Gasteiger partial charge in [0.05, 0.1) is 12.5 Å². The van der Waals surface area contributed by atoms with Crippen molar-refractivity contribution in [1.29, 1.82) is 5.26 Å². The Morgan fingerprint density at radius 1 is 1.47 bits per heavy atom. The first-order valence-corrected chi connectivity index (χ1v) is 3.88. The lowest BCUT2D eigenvalue weighted by molar-refractivity contribution is -0.141. The lowest BCUT2D eigenvalue weighted by atomic mass is 10.1. The third-order valence-electron chi connectivity index (χ3n) is 1.62. The van der Waals surface area contributed by atoms with Crippen LogP contribution in [-0.2, 0) is 6.18 Å². The van der Waals surface area contributed by atoms with Gasteiger partial charge in [-0.05, 0) is 12.1 Å². The summed E-state index contributed by atoms with van der Waals surface area (Å²) in [7, 11) is 0. The quantitative estimate of drug-likeness (QED) is 0.709. The highest BCUT2D eigenvalue weighted by atomic mass is 19.4. The number of nitrogens with zero attached hydrogens (tertiary/aromatic N) is 2. The number of halogens is 3. The van der Waals surface area contributed by atoms with Crippen LogP contribution in [0.1, 0.15) is 22.5 Å². The Hall–Kier alpha value is -1.90. The van der Waals surface area contributed by atoms with Crippen LogP contribution in [0.2, 0.25) is 0 Å². The van der Waals surface area contributed by atoms with Crippen LogP contribution in [0.5, 0.6) is 0 Å². The van der Waals surface area contributed by atoms with Crippen LogP contribution in [0.15, 0.2) is 18.3 Å². The summed E-state index contributed by atoms with van der Waals surface area (Å²) in [5.74, 6) is -0.543. The van der Waals surface area contributed by atoms with Gasteiger partial charge in [-0.2, -0.15) is 18.4 Å². The molecule has 1 heterocycles. The number of ketones is 1. The second kappa shape index (κ2) is 4.09. The van der Waals surface area contributed by atoms with E-state index in [2.05, 4.69) is 4.98 Å². The second-order valence-corrected chi connectivity index (χ2v) is 2.69. The minimum absolute atomic E-state index is 0.00421. The van der Waals surface area contributed by atoms with Gasteiger partial charge in [0.25, 0.3) is 0 Å². The monoisotopic (exact) mass is 214 g/mol. The van der Waals surface area contributed by atoms with Crippen molar-refractivity contribution in [2.24, 2.45) is 0 Å². The minimum atomic E-state index is -4.52. The predicted octanol–water partition coefficient (Wildman–Crippen LogP) is 2.20. The van der Waals surface area contributed by atoms with E-state index in [1.54, 1.807) is 6.07 Å². The molecule has 3 nitrogen and oxygen atoms in total. The first kappa shape index (κ1) is 11.2. The maximum absolute atomic E-state index is 12.1. The average Bonchev–Trinajstić information content (AvgIpc) is 2.17. The van der Waals surface area contributed by atoms with Gasteiger partial charge in [-0.25, -0.2) is 0 Å². The number of hydrogen-bond donors (Lipinski definition) is 0. The maximum Gasteiger partial charge on any atom is 0.433 e. The van der Waals surface area contributed by atoms with E-state index in [1.807, 2.05) is 0 Å². The van der Waals surface area contributed by atoms with Gasteiger partial charge in [0.2, 0.25) is 0 Å². The van der Waals surface area contributed by atoms with Gasteiger partial charge >= 0.3 is 6.18 Å². The number of rotatable bonds is 2. The second-order valence-electron chi connectivity index (χ2n) is 2.69. The van der Waals surface area contributed by atoms with Gasteiger partial charge in [-0.15, -0.1) is 0 Å². The number of carbonyl (C=O) groups excluding carboxylic acids is 1. The first-order chi connectivity index (χ1) is 6.95. The molecular weight excluding hydrogens is 209 g/mol. The summed E-state index contributed by atoms with van der Waals surface area (Å²) in [4.78, 5) is 14.2. The molecule has 0 aliphatic heterocycles. The number of carbonyl (C=O) groups is 1. The van der Waals surface area contributed by atoms with Crippen LogP contribution in [-0.4, -0.2) is 10.8 Å². The molecule has 0 fully saturated rings. The molecule has 15 heavy (non-hydrogen) atoms. The van der Waals surface area contributed by atoms with Crippen molar-refractivity contribution in [2.45, 2.75) is 12.6 Å². The Kier molecular flexibility index (Phi) is 3.04. The summed E-state index contributed by atoms with van der Waals surface area (Å²) in [6, 6.07) is 3.33. The van der Waals surface area contributed by atoms with Crippen LogP contribution >= 0.6 is 0 Å². The number of nitriles is 1. The van der Waals surface area contributed by atoms with Crippen LogP contribution in [0.25, 0.3) is 0 Å². The lowest BCUT2D eigenvalue weighted by Gasteiger charge is -2.04. The lowest BCUT2D eigenvalue weighted by Crippen LogP contribution is -2.08. The van der Waals surface area contributed by atoms with E-state index in [9.17, 15) is 18.0 Å². The largest absolute Gasteiger partial charge is 0.433 e. The summed E-state index contributed by atoms with van der Waals surface area (Å²) in [5.41, 5.74) is -1.06. The number of hydrogen-bond acceptors (Lipinski definition) is 3. The van der Waals surface area contributed by atoms with Crippen LogP contribution < -0.4 is 0 Å². The third kappa shape index (κ3) is 2.77. The SMILES string of the molecule is N#CCC(=O)c1ccc(C(F)(F)F)nc1. The highest BCUT2D eigenvalue weighted by Gasteiger charge is 2.32. The smallest absolute Gasteiger partial charge is 0.293 e. The minimum Gasteiger partial charge on any atom is -0.293 e.